The number of para-hydroxylation sites is 1. The van der Waals surface area contributed by atoms with Gasteiger partial charge >= 0.3 is 5.63 Å². The predicted octanol–water partition coefficient (Wildman–Crippen LogP) is 3.05. The van der Waals surface area contributed by atoms with Crippen LogP contribution >= 0.6 is 0 Å². The van der Waals surface area contributed by atoms with E-state index in [0.717, 1.165) is 0 Å². The monoisotopic (exact) mass is 290 g/mol. The van der Waals surface area contributed by atoms with Crippen molar-refractivity contribution < 1.29 is 12.8 Å². The first-order valence-electron chi connectivity index (χ1n) is 6.07. The number of hydrogen-bond acceptors (Lipinski definition) is 4. The zero-order chi connectivity index (χ0) is 14.8. The van der Waals surface area contributed by atoms with Crippen LogP contribution < -0.4 is 5.63 Å². The molecule has 0 aliphatic carbocycles. The van der Waals surface area contributed by atoms with E-state index in [1.165, 1.54) is 18.2 Å². The molecule has 0 saturated heterocycles. The lowest BCUT2D eigenvalue weighted by atomic mass is 10.2. The number of sulfone groups is 1. The third-order valence-corrected chi connectivity index (χ3v) is 4.68. The Labute approximate surface area is 117 Å². The van der Waals surface area contributed by atoms with Crippen molar-refractivity contribution in [2.45, 2.75) is 18.7 Å². The summed E-state index contributed by atoms with van der Waals surface area (Å²) in [5.74, 6) is 0. The fraction of sp³-hybridized carbons (Fsp3) is 0.133. The van der Waals surface area contributed by atoms with E-state index in [1.807, 2.05) is 0 Å². The Kier molecular flexibility index (Phi) is 3.90. The first-order valence-corrected chi connectivity index (χ1v) is 7.56. The fourth-order valence-corrected chi connectivity index (χ4v) is 3.29. The zero-order valence-corrected chi connectivity index (χ0v) is 12.0. The second-order valence-electron chi connectivity index (χ2n) is 4.13. The van der Waals surface area contributed by atoms with Crippen molar-refractivity contribution in [1.29, 1.82) is 0 Å². The highest BCUT2D eigenvalue weighted by Gasteiger charge is 2.23. The van der Waals surface area contributed by atoms with Gasteiger partial charge in [-0.1, -0.05) is 30.4 Å². The molecule has 104 valence electrons. The second-order valence-corrected chi connectivity index (χ2v) is 6.05. The number of hydrogen-bond donors (Lipinski definition) is 0. The van der Waals surface area contributed by atoms with Crippen molar-refractivity contribution in [1.82, 2.24) is 0 Å². The van der Waals surface area contributed by atoms with Crippen molar-refractivity contribution in [3.8, 4) is 0 Å². The highest BCUT2D eigenvalue weighted by molar-refractivity contribution is 7.95. The Morgan fingerprint density at radius 3 is 2.55 bits per heavy atom. The summed E-state index contributed by atoms with van der Waals surface area (Å²) in [7, 11) is -3.87. The molecule has 1 aromatic carbocycles. The Hall–Kier alpha value is -2.14. The highest BCUT2D eigenvalue weighted by Crippen LogP contribution is 2.21. The summed E-state index contributed by atoms with van der Waals surface area (Å²) >= 11 is 0. The first-order chi connectivity index (χ1) is 9.50. The van der Waals surface area contributed by atoms with Crippen LogP contribution in [0.15, 0.2) is 67.6 Å². The van der Waals surface area contributed by atoms with E-state index in [9.17, 15) is 13.2 Å². The van der Waals surface area contributed by atoms with E-state index in [2.05, 4.69) is 0 Å². The topological polar surface area (TPSA) is 64.3 Å². The summed E-state index contributed by atoms with van der Waals surface area (Å²) < 4.78 is 29.9. The summed E-state index contributed by atoms with van der Waals surface area (Å²) in [5, 5.41) is 0.571. The molecule has 2 rings (SSSR count). The molecule has 0 amide bonds. The van der Waals surface area contributed by atoms with Crippen LogP contribution in [0.1, 0.15) is 13.8 Å². The maximum Gasteiger partial charge on any atom is 0.355 e. The molecular formula is C15H14O4S. The normalized spacial score (nSPS) is 13.2. The largest absolute Gasteiger partial charge is 0.422 e. The number of fused-ring (bicyclic) bond motifs is 1. The van der Waals surface area contributed by atoms with Gasteiger partial charge in [-0.05, 0) is 32.1 Å². The van der Waals surface area contributed by atoms with E-state index in [4.69, 9.17) is 4.42 Å². The van der Waals surface area contributed by atoms with Crippen LogP contribution in [0, 0.1) is 0 Å². The van der Waals surface area contributed by atoms with Crippen molar-refractivity contribution in [2.75, 3.05) is 0 Å². The number of allylic oxidation sites excluding steroid dienone is 3. The molecule has 0 aliphatic heterocycles. The minimum absolute atomic E-state index is 0.0718. The molecule has 0 atom stereocenters. The van der Waals surface area contributed by atoms with Crippen molar-refractivity contribution in [3.05, 3.63) is 63.9 Å². The van der Waals surface area contributed by atoms with Crippen molar-refractivity contribution in [3.63, 3.8) is 0 Å². The maximum atomic E-state index is 12.4. The average Bonchev–Trinajstić information content (AvgIpc) is 2.43. The summed E-state index contributed by atoms with van der Waals surface area (Å²) in [4.78, 5) is 11.6. The Bertz CT molecular complexity index is 855. The van der Waals surface area contributed by atoms with Crippen LogP contribution in [0.3, 0.4) is 0 Å². The van der Waals surface area contributed by atoms with Crippen LogP contribution in [0.2, 0.25) is 0 Å². The van der Waals surface area contributed by atoms with Gasteiger partial charge in [0.25, 0.3) is 0 Å². The molecule has 5 heteroatoms. The molecule has 0 fully saturated rings. The van der Waals surface area contributed by atoms with Gasteiger partial charge in [-0.2, -0.15) is 0 Å². The summed E-state index contributed by atoms with van der Waals surface area (Å²) in [6.07, 6.45) is 4.50. The van der Waals surface area contributed by atoms with Crippen LogP contribution in [-0.2, 0) is 9.84 Å². The standard InChI is InChI=1S/C15H14O4S/c1-3-7-12(4-2)20(17,18)14-10-11-8-5-6-9-13(11)19-15(14)16/h3-10H,1-2H3/b7-3-,12-4+. The van der Waals surface area contributed by atoms with Gasteiger partial charge in [0.2, 0.25) is 9.84 Å². The molecule has 1 aromatic heterocycles. The Morgan fingerprint density at radius 2 is 1.90 bits per heavy atom. The van der Waals surface area contributed by atoms with Crippen molar-refractivity contribution >= 4 is 20.8 Å². The van der Waals surface area contributed by atoms with Gasteiger partial charge in [0.1, 0.15) is 5.58 Å². The number of benzene rings is 1. The quantitative estimate of drug-likeness (QED) is 0.643. The van der Waals surface area contributed by atoms with Crippen LogP contribution in [-0.4, -0.2) is 8.42 Å². The van der Waals surface area contributed by atoms with Crippen LogP contribution in [0.25, 0.3) is 11.0 Å². The van der Waals surface area contributed by atoms with E-state index in [1.54, 1.807) is 44.2 Å². The predicted molar refractivity (Wildman–Crippen MR) is 78.2 cm³/mol. The second kappa shape index (κ2) is 5.46. The molecular weight excluding hydrogens is 276 g/mol. The lowest BCUT2D eigenvalue weighted by Crippen LogP contribution is -2.15. The molecule has 0 aliphatic rings. The van der Waals surface area contributed by atoms with Gasteiger partial charge in [-0.25, -0.2) is 13.2 Å². The molecule has 20 heavy (non-hydrogen) atoms. The van der Waals surface area contributed by atoms with E-state index >= 15 is 0 Å². The van der Waals surface area contributed by atoms with Gasteiger partial charge in [0.05, 0.1) is 4.91 Å². The van der Waals surface area contributed by atoms with E-state index in [-0.39, 0.29) is 9.80 Å². The molecule has 0 radical (unpaired) electrons. The molecule has 1 heterocycles. The molecule has 0 bridgehead atoms. The third kappa shape index (κ3) is 2.44. The summed E-state index contributed by atoms with van der Waals surface area (Å²) in [6.45, 7) is 3.32. The lowest BCUT2D eigenvalue weighted by molar-refractivity contribution is 0.534. The lowest BCUT2D eigenvalue weighted by Gasteiger charge is -2.05. The molecule has 2 aromatic rings. The van der Waals surface area contributed by atoms with Gasteiger partial charge in [0, 0.05) is 5.39 Å². The highest BCUT2D eigenvalue weighted by atomic mass is 32.2. The summed E-state index contributed by atoms with van der Waals surface area (Å²) in [5.41, 5.74) is -0.489. The van der Waals surface area contributed by atoms with Crippen LogP contribution in [0.4, 0.5) is 0 Å². The maximum absolute atomic E-state index is 12.4. The van der Waals surface area contributed by atoms with Gasteiger partial charge in [0.15, 0.2) is 4.90 Å². The average molecular weight is 290 g/mol. The van der Waals surface area contributed by atoms with Crippen molar-refractivity contribution in [2.24, 2.45) is 0 Å². The first kappa shape index (κ1) is 14.3. The minimum Gasteiger partial charge on any atom is -0.422 e. The number of rotatable bonds is 3. The molecule has 0 N–H and O–H groups in total. The third-order valence-electron chi connectivity index (χ3n) is 2.82. The van der Waals surface area contributed by atoms with Gasteiger partial charge in [-0.15, -0.1) is 0 Å². The molecule has 0 spiro atoms. The smallest absolute Gasteiger partial charge is 0.355 e. The summed E-state index contributed by atoms with van der Waals surface area (Å²) in [6, 6.07) is 8.14. The van der Waals surface area contributed by atoms with E-state index in [0.29, 0.717) is 11.0 Å². The van der Waals surface area contributed by atoms with E-state index < -0.39 is 15.5 Å². The SMILES string of the molecule is C/C=C\C(=C/C)S(=O)(=O)c1cc2ccccc2oc1=O. The molecule has 4 nitrogen and oxygen atoms in total. The van der Waals surface area contributed by atoms with Gasteiger partial charge < -0.3 is 4.42 Å². The zero-order valence-electron chi connectivity index (χ0n) is 11.2. The molecule has 0 unspecified atom stereocenters. The molecule has 0 saturated carbocycles. The van der Waals surface area contributed by atoms with Gasteiger partial charge in [-0.3, -0.25) is 0 Å². The fourth-order valence-electron chi connectivity index (χ4n) is 1.86. The Balaban J connectivity index is 2.75. The van der Waals surface area contributed by atoms with Crippen LogP contribution in [0.5, 0.6) is 0 Å². The minimum atomic E-state index is -3.87. The Morgan fingerprint density at radius 1 is 1.20 bits per heavy atom.